The minimum absolute atomic E-state index is 0.0122. The van der Waals surface area contributed by atoms with Crippen molar-refractivity contribution in [3.63, 3.8) is 0 Å². The van der Waals surface area contributed by atoms with Crippen molar-refractivity contribution in [3.05, 3.63) is 83.7 Å². The zero-order valence-electron chi connectivity index (χ0n) is 28.1. The summed E-state index contributed by atoms with van der Waals surface area (Å²) < 4.78 is 35.6. The highest BCUT2D eigenvalue weighted by Crippen LogP contribution is 2.41. The van der Waals surface area contributed by atoms with Crippen LogP contribution >= 0.6 is 12.6 Å². The highest BCUT2D eigenvalue weighted by molar-refractivity contribution is 7.81. The van der Waals surface area contributed by atoms with Crippen LogP contribution in [0.5, 0.6) is 0 Å². The van der Waals surface area contributed by atoms with E-state index in [-0.39, 0.29) is 38.0 Å². The molecule has 0 bridgehead atoms. The van der Waals surface area contributed by atoms with Crippen LogP contribution < -0.4 is 16.4 Å². The Hall–Kier alpha value is -4.27. The number of carbonyl (C=O) groups is 4. The average molecular weight is 702 g/mol. The van der Waals surface area contributed by atoms with Gasteiger partial charge in [-0.15, -0.1) is 0 Å². The molecule has 1 aromatic heterocycles. The van der Waals surface area contributed by atoms with Crippen LogP contribution in [-0.4, -0.2) is 82.9 Å². The second-order valence-corrected chi connectivity index (χ2v) is 13.3. The first-order chi connectivity index (χ1) is 23.2. The Bertz CT molecular complexity index is 1600. The summed E-state index contributed by atoms with van der Waals surface area (Å²) in [5.41, 5.74) is 7.58. The molecular formula is C35H45F2N5O6S. The first-order valence-corrected chi connectivity index (χ1v) is 16.3. The number of methoxy groups -OCH3 is 1. The molecule has 0 aliphatic carbocycles. The summed E-state index contributed by atoms with van der Waals surface area (Å²) in [6, 6.07) is 12.7. The van der Waals surface area contributed by atoms with Crippen LogP contribution in [-0.2, 0) is 30.5 Å². The largest absolute Gasteiger partial charge is 0.469 e. The Balaban J connectivity index is 1.83. The maximum atomic E-state index is 15.0. The maximum Gasteiger partial charge on any atom is 0.307 e. The number of thiol groups is 1. The van der Waals surface area contributed by atoms with Crippen molar-refractivity contribution in [1.82, 2.24) is 20.1 Å². The van der Waals surface area contributed by atoms with E-state index in [2.05, 4.69) is 28.0 Å². The molecule has 3 atom stereocenters. The molecular weight excluding hydrogens is 656 g/mol. The van der Waals surface area contributed by atoms with E-state index in [1.165, 1.54) is 12.0 Å². The molecule has 11 nitrogen and oxygen atoms in total. The molecule has 3 amide bonds. The number of carbonyl (C=O) groups excluding carboxylic acids is 4. The van der Waals surface area contributed by atoms with Gasteiger partial charge in [-0.1, -0.05) is 51.1 Å². The fourth-order valence-electron chi connectivity index (χ4n) is 5.46. The molecule has 0 saturated carbocycles. The molecule has 49 heavy (non-hydrogen) atoms. The van der Waals surface area contributed by atoms with Gasteiger partial charge in [0.1, 0.15) is 18.2 Å². The molecule has 1 heterocycles. The molecule has 5 N–H and O–H groups in total. The van der Waals surface area contributed by atoms with E-state index in [9.17, 15) is 33.1 Å². The molecule has 3 aromatic rings. The third-order valence-electron chi connectivity index (χ3n) is 7.86. The number of rotatable bonds is 16. The molecule has 0 aliphatic heterocycles. The number of ether oxygens (including phenoxy) is 1. The number of benzene rings is 2. The van der Waals surface area contributed by atoms with Gasteiger partial charge in [-0.05, 0) is 41.7 Å². The predicted molar refractivity (Wildman–Crippen MR) is 184 cm³/mol. The number of esters is 1. The highest BCUT2D eigenvalue weighted by atomic mass is 32.1. The lowest BCUT2D eigenvalue weighted by atomic mass is 9.82. The zero-order chi connectivity index (χ0) is 36.3. The van der Waals surface area contributed by atoms with Crippen molar-refractivity contribution in [2.45, 2.75) is 57.5 Å². The predicted octanol–water partition coefficient (Wildman–Crippen LogP) is 3.20. The molecule has 0 spiro atoms. The molecule has 0 fully saturated rings. The maximum absolute atomic E-state index is 15.0. The Labute approximate surface area is 290 Å². The number of aliphatic hydroxyl groups is 1. The van der Waals surface area contributed by atoms with Gasteiger partial charge in [-0.25, -0.2) is 8.78 Å². The van der Waals surface area contributed by atoms with Crippen LogP contribution in [0.2, 0.25) is 0 Å². The standard InChI is InChI=1S/C35H45F2N5O6S/c1-35(2,3)32(28-16-23(25-17-24(36)10-11-26(25)37)20-41(28)19-22-8-6-5-7-9-22)42(30(44)21-43)15-12-27(38)33(46)39-13-14-40-34(47)29(49)18-31(45)48-4/h5-11,16-17,20,27,29,32,43,49H,12-15,18-19,21,38H2,1-4H3,(H,39,46)(H,40,47). The number of amides is 3. The Morgan fingerprint density at radius 1 is 1.02 bits per heavy atom. The van der Waals surface area contributed by atoms with Gasteiger partial charge >= 0.3 is 5.97 Å². The summed E-state index contributed by atoms with van der Waals surface area (Å²) >= 11 is 4.08. The van der Waals surface area contributed by atoms with Gasteiger partial charge in [0.2, 0.25) is 17.7 Å². The molecule has 3 rings (SSSR count). The van der Waals surface area contributed by atoms with E-state index in [4.69, 9.17) is 5.73 Å². The van der Waals surface area contributed by atoms with Gasteiger partial charge in [-0.3, -0.25) is 19.2 Å². The summed E-state index contributed by atoms with van der Waals surface area (Å²) in [4.78, 5) is 51.1. The Morgan fingerprint density at radius 2 is 1.67 bits per heavy atom. The lowest BCUT2D eigenvalue weighted by Gasteiger charge is -2.41. The molecule has 0 radical (unpaired) electrons. The van der Waals surface area contributed by atoms with Crippen molar-refractivity contribution in [1.29, 1.82) is 0 Å². The first kappa shape index (κ1) is 39.2. The number of nitrogens with two attached hydrogens (primary N) is 1. The second kappa shape index (κ2) is 17.9. The van der Waals surface area contributed by atoms with Crippen molar-refractivity contribution in [2.24, 2.45) is 11.1 Å². The molecule has 266 valence electrons. The van der Waals surface area contributed by atoms with Crippen LogP contribution in [0.1, 0.15) is 50.9 Å². The van der Waals surface area contributed by atoms with E-state index in [0.717, 1.165) is 23.8 Å². The van der Waals surface area contributed by atoms with Gasteiger partial charge < -0.3 is 35.7 Å². The highest BCUT2D eigenvalue weighted by Gasteiger charge is 2.37. The quantitative estimate of drug-likeness (QED) is 0.0873. The van der Waals surface area contributed by atoms with Gasteiger partial charge in [-0.2, -0.15) is 12.6 Å². The lowest BCUT2D eigenvalue weighted by Crippen LogP contribution is -2.48. The molecule has 3 unspecified atom stereocenters. The molecule has 0 saturated heterocycles. The number of hydrogen-bond acceptors (Lipinski definition) is 8. The van der Waals surface area contributed by atoms with Gasteiger partial charge in [0, 0.05) is 49.2 Å². The van der Waals surface area contributed by atoms with Gasteiger partial charge in [0.15, 0.2) is 0 Å². The summed E-state index contributed by atoms with van der Waals surface area (Å²) in [5, 5.41) is 14.3. The number of nitrogens with one attached hydrogen (secondary N) is 2. The Kier molecular flexibility index (Phi) is 14.3. The molecule has 2 aromatic carbocycles. The fraction of sp³-hybridized carbons (Fsp3) is 0.429. The number of aromatic nitrogens is 1. The summed E-state index contributed by atoms with van der Waals surface area (Å²) in [5.74, 6) is -3.41. The van der Waals surface area contributed by atoms with Crippen molar-refractivity contribution >= 4 is 36.3 Å². The van der Waals surface area contributed by atoms with E-state index >= 15 is 0 Å². The number of halogens is 2. The Morgan fingerprint density at radius 3 is 2.29 bits per heavy atom. The first-order valence-electron chi connectivity index (χ1n) is 15.8. The fourth-order valence-corrected chi connectivity index (χ4v) is 5.70. The van der Waals surface area contributed by atoms with Crippen molar-refractivity contribution < 1.29 is 37.8 Å². The summed E-state index contributed by atoms with van der Waals surface area (Å²) in [7, 11) is 1.21. The van der Waals surface area contributed by atoms with Crippen molar-refractivity contribution in [2.75, 3.05) is 33.4 Å². The number of nitrogens with zero attached hydrogens (tertiary/aromatic N) is 2. The summed E-state index contributed by atoms with van der Waals surface area (Å²) in [6.45, 7) is 5.40. The third-order valence-corrected chi connectivity index (χ3v) is 8.28. The summed E-state index contributed by atoms with van der Waals surface area (Å²) in [6.07, 6.45) is 1.53. The normalized spacial score (nSPS) is 13.2. The molecule has 14 heteroatoms. The van der Waals surface area contributed by atoms with Gasteiger partial charge in [0.05, 0.1) is 30.9 Å². The third kappa shape index (κ3) is 11.1. The van der Waals surface area contributed by atoms with Crippen LogP contribution in [0, 0.1) is 17.0 Å². The van der Waals surface area contributed by atoms with Crippen molar-refractivity contribution in [3.8, 4) is 11.1 Å². The van der Waals surface area contributed by atoms with Crippen LogP contribution in [0.3, 0.4) is 0 Å². The topological polar surface area (TPSA) is 156 Å². The molecule has 0 aliphatic rings. The van der Waals surface area contributed by atoms with Crippen LogP contribution in [0.4, 0.5) is 8.78 Å². The van der Waals surface area contributed by atoms with E-state index in [1.54, 1.807) is 12.3 Å². The lowest BCUT2D eigenvalue weighted by molar-refractivity contribution is -0.142. The second-order valence-electron chi connectivity index (χ2n) is 12.7. The van der Waals surface area contributed by atoms with Gasteiger partial charge in [0.25, 0.3) is 0 Å². The van der Waals surface area contributed by atoms with Crippen LogP contribution in [0.15, 0.2) is 60.8 Å². The smallest absolute Gasteiger partial charge is 0.307 e. The minimum atomic E-state index is -1.05. The minimum Gasteiger partial charge on any atom is -0.469 e. The zero-order valence-corrected chi connectivity index (χ0v) is 29.0. The SMILES string of the molecule is COC(=O)CC(S)C(=O)NCCNC(=O)C(N)CCN(C(=O)CO)C(c1cc(-c2cc(F)ccc2F)cn1Cc1ccccc1)C(C)(C)C. The van der Waals surface area contributed by atoms with E-state index < -0.39 is 64.7 Å². The van der Waals surface area contributed by atoms with E-state index in [0.29, 0.717) is 17.8 Å². The number of hydrogen-bond donors (Lipinski definition) is 5. The van der Waals surface area contributed by atoms with Crippen LogP contribution in [0.25, 0.3) is 11.1 Å². The number of aliphatic hydroxyl groups excluding tert-OH is 1. The monoisotopic (exact) mass is 701 g/mol. The van der Waals surface area contributed by atoms with E-state index in [1.807, 2.05) is 55.7 Å². The average Bonchev–Trinajstić information content (AvgIpc) is 3.46.